The molecule has 4 nitrogen and oxygen atoms in total. The minimum absolute atomic E-state index is 0.0513. The fourth-order valence-electron chi connectivity index (χ4n) is 4.03. The van der Waals surface area contributed by atoms with Gasteiger partial charge in [-0.2, -0.15) is 0 Å². The van der Waals surface area contributed by atoms with Crippen molar-refractivity contribution in [1.29, 1.82) is 0 Å². The fourth-order valence-corrected chi connectivity index (χ4v) is 4.89. The highest BCUT2D eigenvalue weighted by Gasteiger charge is 2.25. The standard InChI is InChI=1S/C21H27N3OS/c1-23-9-11-24(12-10-23)19(20-6-3-13-26-20)15-22-21(25)18-8-7-16-4-2-5-17(16)14-18/h3,6-8,13-14,19H,2,4-5,9-12,15H2,1H3,(H,22,25). The zero-order valence-corrected chi connectivity index (χ0v) is 16.2. The van der Waals surface area contributed by atoms with Crippen LogP contribution in [0.5, 0.6) is 0 Å². The zero-order valence-electron chi connectivity index (χ0n) is 15.4. The van der Waals surface area contributed by atoms with Gasteiger partial charge in [-0.15, -0.1) is 11.3 Å². The van der Waals surface area contributed by atoms with Crippen molar-refractivity contribution in [2.45, 2.75) is 25.3 Å². The first-order valence-electron chi connectivity index (χ1n) is 9.57. The molecule has 1 atom stereocenters. The third kappa shape index (κ3) is 3.85. The largest absolute Gasteiger partial charge is 0.350 e. The highest BCUT2D eigenvalue weighted by Crippen LogP contribution is 2.26. The molecule has 2 heterocycles. The zero-order chi connectivity index (χ0) is 17.9. The number of nitrogens with one attached hydrogen (secondary N) is 1. The number of benzene rings is 1. The molecule has 1 amide bonds. The molecule has 4 rings (SSSR count). The van der Waals surface area contributed by atoms with Crippen LogP contribution in [-0.2, 0) is 12.8 Å². The first kappa shape index (κ1) is 17.7. The summed E-state index contributed by atoms with van der Waals surface area (Å²) in [5.41, 5.74) is 3.57. The van der Waals surface area contributed by atoms with Gasteiger partial charge < -0.3 is 10.2 Å². The number of amides is 1. The molecule has 1 aromatic carbocycles. The minimum atomic E-state index is 0.0513. The Morgan fingerprint density at radius 1 is 1.15 bits per heavy atom. The Morgan fingerprint density at radius 3 is 2.73 bits per heavy atom. The van der Waals surface area contributed by atoms with E-state index in [0.717, 1.165) is 44.6 Å². The predicted octanol–water partition coefficient (Wildman–Crippen LogP) is 2.96. The molecule has 1 saturated heterocycles. The molecule has 1 aliphatic heterocycles. The molecule has 1 aromatic heterocycles. The van der Waals surface area contributed by atoms with Gasteiger partial charge >= 0.3 is 0 Å². The summed E-state index contributed by atoms with van der Waals surface area (Å²) < 4.78 is 0. The maximum atomic E-state index is 12.7. The van der Waals surface area contributed by atoms with Crippen LogP contribution in [-0.4, -0.2) is 55.5 Å². The summed E-state index contributed by atoms with van der Waals surface area (Å²) in [5, 5.41) is 5.33. The fraction of sp³-hybridized carbons (Fsp3) is 0.476. The Kier molecular flexibility index (Phi) is 5.38. The van der Waals surface area contributed by atoms with Gasteiger partial charge in [0.15, 0.2) is 0 Å². The van der Waals surface area contributed by atoms with Crippen LogP contribution in [0.3, 0.4) is 0 Å². The third-order valence-electron chi connectivity index (χ3n) is 5.67. The van der Waals surface area contributed by atoms with E-state index in [1.807, 2.05) is 6.07 Å². The summed E-state index contributed by atoms with van der Waals surface area (Å²) in [6, 6.07) is 10.8. The van der Waals surface area contributed by atoms with Crippen LogP contribution in [0.4, 0.5) is 0 Å². The van der Waals surface area contributed by atoms with Crippen molar-refractivity contribution in [3.05, 3.63) is 57.3 Å². The van der Waals surface area contributed by atoms with E-state index in [1.165, 1.54) is 22.4 Å². The van der Waals surface area contributed by atoms with Gasteiger partial charge in [0.1, 0.15) is 0 Å². The van der Waals surface area contributed by atoms with Crippen LogP contribution in [0.15, 0.2) is 35.7 Å². The molecule has 1 N–H and O–H groups in total. The van der Waals surface area contributed by atoms with E-state index < -0.39 is 0 Å². The van der Waals surface area contributed by atoms with Gasteiger partial charge in [0, 0.05) is 43.2 Å². The second-order valence-electron chi connectivity index (χ2n) is 7.42. The molecule has 0 saturated carbocycles. The number of hydrogen-bond acceptors (Lipinski definition) is 4. The molecule has 1 fully saturated rings. The quantitative estimate of drug-likeness (QED) is 0.880. The van der Waals surface area contributed by atoms with Gasteiger partial charge in [-0.1, -0.05) is 12.1 Å². The van der Waals surface area contributed by atoms with Crippen molar-refractivity contribution in [2.24, 2.45) is 0 Å². The van der Waals surface area contributed by atoms with Crippen LogP contribution in [0.2, 0.25) is 0 Å². The lowest BCUT2D eigenvalue weighted by Gasteiger charge is -2.37. The van der Waals surface area contributed by atoms with E-state index in [0.29, 0.717) is 6.54 Å². The molecule has 0 spiro atoms. The Balaban J connectivity index is 1.43. The van der Waals surface area contributed by atoms with Crippen LogP contribution in [0, 0.1) is 0 Å². The maximum absolute atomic E-state index is 12.7. The van der Waals surface area contributed by atoms with Gasteiger partial charge in [0.2, 0.25) is 0 Å². The van der Waals surface area contributed by atoms with Crippen LogP contribution in [0.25, 0.3) is 0 Å². The van der Waals surface area contributed by atoms with E-state index in [-0.39, 0.29) is 11.9 Å². The average Bonchev–Trinajstić information content (AvgIpc) is 3.34. The van der Waals surface area contributed by atoms with Gasteiger partial charge in [-0.25, -0.2) is 0 Å². The Bertz CT molecular complexity index is 751. The number of carbonyl (C=O) groups is 1. The van der Waals surface area contributed by atoms with Crippen molar-refractivity contribution >= 4 is 17.2 Å². The first-order valence-corrected chi connectivity index (χ1v) is 10.4. The van der Waals surface area contributed by atoms with E-state index >= 15 is 0 Å². The lowest BCUT2D eigenvalue weighted by Crippen LogP contribution is -2.48. The number of piperazine rings is 1. The maximum Gasteiger partial charge on any atom is 0.251 e. The number of hydrogen-bond donors (Lipinski definition) is 1. The van der Waals surface area contributed by atoms with E-state index in [1.54, 1.807) is 11.3 Å². The first-order chi connectivity index (χ1) is 12.7. The van der Waals surface area contributed by atoms with E-state index in [4.69, 9.17) is 0 Å². The van der Waals surface area contributed by atoms with Crippen LogP contribution < -0.4 is 5.32 Å². The summed E-state index contributed by atoms with van der Waals surface area (Å²) >= 11 is 1.78. The number of nitrogens with zero attached hydrogens (tertiary/aromatic N) is 2. The SMILES string of the molecule is CN1CCN(C(CNC(=O)c2ccc3c(c2)CCC3)c2cccs2)CC1. The molecule has 1 unspecified atom stereocenters. The Morgan fingerprint density at radius 2 is 1.96 bits per heavy atom. The Hall–Kier alpha value is -1.69. The normalized spacial score (nSPS) is 19.3. The van der Waals surface area contributed by atoms with Crippen molar-refractivity contribution in [2.75, 3.05) is 39.8 Å². The molecule has 138 valence electrons. The number of thiophene rings is 1. The van der Waals surface area contributed by atoms with Crippen LogP contribution in [0.1, 0.15) is 38.8 Å². The van der Waals surface area contributed by atoms with Gasteiger partial charge in [-0.05, 0) is 61.0 Å². The van der Waals surface area contributed by atoms with E-state index in [2.05, 4.69) is 51.8 Å². The number of likely N-dealkylation sites (N-methyl/N-ethyl adjacent to an activating group) is 1. The predicted molar refractivity (Wildman–Crippen MR) is 107 cm³/mol. The monoisotopic (exact) mass is 369 g/mol. The molecule has 5 heteroatoms. The molecule has 2 aliphatic rings. The second kappa shape index (κ2) is 7.91. The molecule has 0 bridgehead atoms. The summed E-state index contributed by atoms with van der Waals surface area (Å²) in [5.74, 6) is 0.0513. The molecule has 2 aromatic rings. The molecule has 1 aliphatic carbocycles. The average molecular weight is 370 g/mol. The summed E-state index contributed by atoms with van der Waals surface area (Å²) in [6.45, 7) is 4.93. The summed E-state index contributed by atoms with van der Waals surface area (Å²) in [4.78, 5) is 18.9. The smallest absolute Gasteiger partial charge is 0.251 e. The highest BCUT2D eigenvalue weighted by molar-refractivity contribution is 7.10. The van der Waals surface area contributed by atoms with Gasteiger partial charge in [-0.3, -0.25) is 9.69 Å². The molecular formula is C21H27N3OS. The van der Waals surface area contributed by atoms with Crippen molar-refractivity contribution in [1.82, 2.24) is 15.1 Å². The van der Waals surface area contributed by atoms with Gasteiger partial charge in [0.25, 0.3) is 5.91 Å². The second-order valence-corrected chi connectivity index (χ2v) is 8.40. The Labute approximate surface area is 159 Å². The molecule has 0 radical (unpaired) electrons. The van der Waals surface area contributed by atoms with Crippen molar-refractivity contribution in [3.8, 4) is 0 Å². The van der Waals surface area contributed by atoms with Crippen molar-refractivity contribution in [3.63, 3.8) is 0 Å². The third-order valence-corrected chi connectivity index (χ3v) is 6.64. The topological polar surface area (TPSA) is 35.6 Å². The molecule has 26 heavy (non-hydrogen) atoms. The summed E-state index contributed by atoms with van der Waals surface area (Å²) in [7, 11) is 2.17. The lowest BCUT2D eigenvalue weighted by atomic mass is 10.1. The number of carbonyl (C=O) groups excluding carboxylic acids is 1. The van der Waals surface area contributed by atoms with Crippen molar-refractivity contribution < 1.29 is 4.79 Å². The van der Waals surface area contributed by atoms with E-state index in [9.17, 15) is 4.79 Å². The number of aryl methyl sites for hydroxylation is 2. The van der Waals surface area contributed by atoms with Gasteiger partial charge in [0.05, 0.1) is 6.04 Å². The minimum Gasteiger partial charge on any atom is -0.350 e. The number of rotatable bonds is 5. The highest BCUT2D eigenvalue weighted by atomic mass is 32.1. The number of fused-ring (bicyclic) bond motifs is 1. The lowest BCUT2D eigenvalue weighted by molar-refractivity contribution is 0.0890. The van der Waals surface area contributed by atoms with Crippen LogP contribution >= 0.6 is 11.3 Å². The summed E-state index contributed by atoms with van der Waals surface area (Å²) in [6.07, 6.45) is 3.47. The molecular weight excluding hydrogens is 342 g/mol.